The van der Waals surface area contributed by atoms with E-state index in [-0.39, 0.29) is 15.8 Å². The molecule has 2 heterocycles. The summed E-state index contributed by atoms with van der Waals surface area (Å²) in [5, 5.41) is 13.7. The maximum absolute atomic E-state index is 12.3. The number of aliphatic carboxylic acids is 1. The van der Waals surface area contributed by atoms with Crippen molar-refractivity contribution in [3.63, 3.8) is 0 Å². The first-order valence-electron chi connectivity index (χ1n) is 5.69. The first-order valence-corrected chi connectivity index (χ1v) is 8.05. The number of carboxylic acids is 1. The Labute approximate surface area is 124 Å². The smallest absolute Gasteiger partial charge is 0.341 e. The van der Waals surface area contributed by atoms with Crippen LogP contribution in [0.1, 0.15) is 11.3 Å². The number of anilines is 1. The lowest BCUT2D eigenvalue weighted by Crippen LogP contribution is -2.15. The molecular weight excluding hydrogens is 320 g/mol. The lowest BCUT2D eigenvalue weighted by molar-refractivity contribution is -0.139. The summed E-state index contributed by atoms with van der Waals surface area (Å²) in [7, 11) is -3.95. The predicted molar refractivity (Wildman–Crippen MR) is 74.2 cm³/mol. The highest BCUT2D eigenvalue weighted by Crippen LogP contribution is 2.32. The van der Waals surface area contributed by atoms with Gasteiger partial charge >= 0.3 is 5.97 Å². The maximum Gasteiger partial charge on any atom is 0.341 e. The molecule has 0 atom stereocenters. The highest BCUT2D eigenvalue weighted by Gasteiger charge is 2.24. The second kappa shape index (κ2) is 5.74. The van der Waals surface area contributed by atoms with E-state index in [0.29, 0.717) is 11.3 Å². The van der Waals surface area contributed by atoms with Gasteiger partial charge in [0, 0.05) is 5.56 Å². The summed E-state index contributed by atoms with van der Waals surface area (Å²) in [4.78, 5) is 10.3. The van der Waals surface area contributed by atoms with E-state index in [0.717, 1.165) is 11.3 Å². The van der Waals surface area contributed by atoms with E-state index < -0.39 is 22.6 Å². The van der Waals surface area contributed by atoms with Gasteiger partial charge in [0.25, 0.3) is 10.0 Å². The number of hydrogen-bond acceptors (Lipinski definition) is 7. The van der Waals surface area contributed by atoms with Crippen LogP contribution >= 0.6 is 11.3 Å². The minimum absolute atomic E-state index is 0.00112. The third-order valence-corrected chi connectivity index (χ3v) is 4.90. The number of nitrogens with one attached hydrogen (secondary N) is 1. The molecule has 0 radical (unpaired) electrons. The molecule has 0 aromatic carbocycles. The number of aryl methyl sites for hydroxylation is 1. The van der Waals surface area contributed by atoms with E-state index in [1.165, 1.54) is 11.4 Å². The molecule has 10 heteroatoms. The summed E-state index contributed by atoms with van der Waals surface area (Å²) in [6, 6.07) is 1.32. The van der Waals surface area contributed by atoms with Crippen LogP contribution in [0.2, 0.25) is 0 Å². The molecule has 0 aliphatic rings. The Bertz CT molecular complexity index is 762. The highest BCUT2D eigenvalue weighted by molar-refractivity contribution is 7.93. The van der Waals surface area contributed by atoms with Crippen molar-refractivity contribution >= 4 is 33.2 Å². The fourth-order valence-electron chi connectivity index (χ4n) is 1.40. The summed E-state index contributed by atoms with van der Waals surface area (Å²) in [5.41, 5.74) is 1.14. The third kappa shape index (κ3) is 3.34. The number of hydrogen-bond donors (Lipinski definition) is 2. The average Bonchev–Trinajstić information content (AvgIpc) is 2.99. The second-order valence-corrected chi connectivity index (χ2v) is 6.61. The number of nitrogens with zero attached hydrogens (tertiary/aromatic N) is 1. The molecule has 0 aliphatic carbocycles. The molecule has 0 spiro atoms. The van der Waals surface area contributed by atoms with Crippen LogP contribution < -0.4 is 9.46 Å². The fraction of sp³-hybridized carbons (Fsp3) is 0.273. The van der Waals surface area contributed by atoms with E-state index in [9.17, 15) is 13.2 Å². The summed E-state index contributed by atoms with van der Waals surface area (Å²) < 4.78 is 36.6. The van der Waals surface area contributed by atoms with Gasteiger partial charge in [0.1, 0.15) is 4.90 Å². The highest BCUT2D eigenvalue weighted by atomic mass is 32.2. The van der Waals surface area contributed by atoms with Crippen molar-refractivity contribution in [3.05, 3.63) is 22.7 Å². The summed E-state index contributed by atoms with van der Waals surface area (Å²) in [6.07, 6.45) is 0. The lowest BCUT2D eigenvalue weighted by atomic mass is 10.3. The van der Waals surface area contributed by atoms with Gasteiger partial charge in [-0.25, -0.2) is 17.9 Å². The van der Waals surface area contributed by atoms with Crippen LogP contribution in [0.4, 0.5) is 5.88 Å². The molecule has 114 valence electrons. The molecule has 2 rings (SSSR count). The molecule has 2 aromatic rings. The third-order valence-electron chi connectivity index (χ3n) is 2.60. The topological polar surface area (TPSA) is 119 Å². The molecular formula is C11H12N2O6S2. The SMILES string of the molecule is Cc1noc(NS(=O)(=O)c2ccsc2OCC(=O)O)c1C. The number of carboxylic acid groups (broad SMARTS) is 1. The average molecular weight is 332 g/mol. The first kappa shape index (κ1) is 15.3. The normalized spacial score (nSPS) is 11.3. The van der Waals surface area contributed by atoms with Crippen molar-refractivity contribution in [2.24, 2.45) is 0 Å². The largest absolute Gasteiger partial charge is 0.479 e. The van der Waals surface area contributed by atoms with Crippen LogP contribution in [0.5, 0.6) is 5.06 Å². The molecule has 2 N–H and O–H groups in total. The van der Waals surface area contributed by atoms with E-state index in [1.54, 1.807) is 13.8 Å². The number of ether oxygens (including phenoxy) is 1. The van der Waals surface area contributed by atoms with Gasteiger partial charge in [-0.2, -0.15) is 0 Å². The number of carbonyl (C=O) groups is 1. The van der Waals surface area contributed by atoms with Crippen LogP contribution in [0, 0.1) is 13.8 Å². The molecule has 8 nitrogen and oxygen atoms in total. The van der Waals surface area contributed by atoms with E-state index in [4.69, 9.17) is 14.4 Å². The van der Waals surface area contributed by atoms with Crippen molar-refractivity contribution < 1.29 is 27.6 Å². The first-order chi connectivity index (χ1) is 9.81. The van der Waals surface area contributed by atoms with Gasteiger partial charge in [0.2, 0.25) is 5.88 Å². The zero-order valence-corrected chi connectivity index (χ0v) is 12.7. The quantitative estimate of drug-likeness (QED) is 0.825. The summed E-state index contributed by atoms with van der Waals surface area (Å²) in [6.45, 7) is 2.73. The monoisotopic (exact) mass is 332 g/mol. The molecule has 0 saturated carbocycles. The van der Waals surface area contributed by atoms with Gasteiger partial charge < -0.3 is 14.4 Å². The predicted octanol–water partition coefficient (Wildman–Crippen LogP) is 1.62. The molecule has 0 bridgehead atoms. The van der Waals surface area contributed by atoms with Crippen LogP contribution in [0.25, 0.3) is 0 Å². The number of thiophene rings is 1. The van der Waals surface area contributed by atoms with Crippen LogP contribution in [0.15, 0.2) is 20.9 Å². The minimum atomic E-state index is -3.95. The van der Waals surface area contributed by atoms with E-state index in [1.807, 2.05) is 0 Å². The van der Waals surface area contributed by atoms with Gasteiger partial charge in [-0.1, -0.05) is 5.16 Å². The van der Waals surface area contributed by atoms with E-state index >= 15 is 0 Å². The van der Waals surface area contributed by atoms with Gasteiger partial charge in [-0.3, -0.25) is 0 Å². The summed E-state index contributed by atoms with van der Waals surface area (Å²) >= 11 is 0.987. The molecule has 0 unspecified atom stereocenters. The Hall–Kier alpha value is -2.07. The zero-order chi connectivity index (χ0) is 15.6. The molecule has 0 fully saturated rings. The molecule has 0 amide bonds. The van der Waals surface area contributed by atoms with Crippen LogP contribution in [0.3, 0.4) is 0 Å². The lowest BCUT2D eigenvalue weighted by Gasteiger charge is -2.07. The Morgan fingerprint density at radius 2 is 2.24 bits per heavy atom. The maximum atomic E-state index is 12.3. The Morgan fingerprint density at radius 3 is 2.81 bits per heavy atom. The number of sulfonamides is 1. The molecule has 2 aromatic heterocycles. The standard InChI is InChI=1S/C11H12N2O6S2/c1-6-7(2)12-19-10(6)13-21(16,17)8-3-4-20-11(8)18-5-9(14)15/h3-4,13H,5H2,1-2H3,(H,14,15). The summed E-state index contributed by atoms with van der Waals surface area (Å²) in [5.74, 6) is -1.18. The fourth-order valence-corrected chi connectivity index (χ4v) is 3.67. The molecule has 21 heavy (non-hydrogen) atoms. The van der Waals surface area contributed by atoms with E-state index in [2.05, 4.69) is 9.88 Å². The zero-order valence-electron chi connectivity index (χ0n) is 11.1. The Morgan fingerprint density at radius 1 is 1.52 bits per heavy atom. The van der Waals surface area contributed by atoms with Crippen molar-refractivity contribution in [1.29, 1.82) is 0 Å². The van der Waals surface area contributed by atoms with Crippen molar-refractivity contribution in [1.82, 2.24) is 5.16 Å². The van der Waals surface area contributed by atoms with Gasteiger partial charge in [-0.05, 0) is 25.3 Å². The Kier molecular flexibility index (Phi) is 4.19. The van der Waals surface area contributed by atoms with Crippen LogP contribution in [-0.2, 0) is 14.8 Å². The van der Waals surface area contributed by atoms with Gasteiger partial charge in [-0.15, -0.1) is 11.3 Å². The van der Waals surface area contributed by atoms with Crippen molar-refractivity contribution in [3.8, 4) is 5.06 Å². The number of rotatable bonds is 6. The molecule has 0 aliphatic heterocycles. The Balaban J connectivity index is 2.26. The minimum Gasteiger partial charge on any atom is -0.479 e. The number of aromatic nitrogens is 1. The van der Waals surface area contributed by atoms with Crippen molar-refractivity contribution in [2.45, 2.75) is 18.7 Å². The van der Waals surface area contributed by atoms with Crippen LogP contribution in [-0.4, -0.2) is 31.3 Å². The van der Waals surface area contributed by atoms with Gasteiger partial charge in [0.15, 0.2) is 11.7 Å². The second-order valence-electron chi connectivity index (χ2n) is 4.08. The van der Waals surface area contributed by atoms with Gasteiger partial charge in [0.05, 0.1) is 5.69 Å². The molecule has 0 saturated heterocycles. The van der Waals surface area contributed by atoms with Crippen molar-refractivity contribution in [2.75, 3.05) is 11.3 Å².